The van der Waals surface area contributed by atoms with Gasteiger partial charge in [0.15, 0.2) is 0 Å². The number of carbonyl (C=O) groups excluding carboxylic acids is 2. The number of imide groups is 1. The lowest BCUT2D eigenvalue weighted by Crippen LogP contribution is -2.50. The van der Waals surface area contributed by atoms with Crippen molar-refractivity contribution in [3.63, 3.8) is 0 Å². The molecule has 0 radical (unpaired) electrons. The van der Waals surface area contributed by atoms with Gasteiger partial charge in [0.1, 0.15) is 6.04 Å². The van der Waals surface area contributed by atoms with Crippen molar-refractivity contribution >= 4 is 11.9 Å². The Kier molecular flexibility index (Phi) is 5.30. The number of carbonyl (C=O) groups is 2. The predicted octanol–water partition coefficient (Wildman–Crippen LogP) is 0.904. The first-order chi connectivity index (χ1) is 10.1. The van der Waals surface area contributed by atoms with E-state index < -0.39 is 12.1 Å². The van der Waals surface area contributed by atoms with Crippen LogP contribution < -0.4 is 10.6 Å². The van der Waals surface area contributed by atoms with Gasteiger partial charge in [-0.2, -0.15) is 0 Å². The van der Waals surface area contributed by atoms with E-state index in [0.717, 1.165) is 5.56 Å². The highest BCUT2D eigenvalue weighted by atomic mass is 16.5. The second-order valence-electron chi connectivity index (χ2n) is 5.06. The molecule has 6 nitrogen and oxygen atoms in total. The number of morpholine rings is 1. The van der Waals surface area contributed by atoms with Crippen LogP contribution >= 0.6 is 0 Å². The van der Waals surface area contributed by atoms with Crippen LogP contribution in [0, 0.1) is 0 Å². The molecule has 0 aliphatic carbocycles. The Bertz CT molecular complexity index is 492. The van der Waals surface area contributed by atoms with Gasteiger partial charge in [-0.3, -0.25) is 15.0 Å². The highest BCUT2D eigenvalue weighted by Gasteiger charge is 2.31. The maximum absolute atomic E-state index is 12.5. The van der Waals surface area contributed by atoms with Gasteiger partial charge in [-0.25, -0.2) is 4.79 Å². The van der Waals surface area contributed by atoms with Crippen molar-refractivity contribution in [2.45, 2.75) is 19.1 Å². The minimum Gasteiger partial charge on any atom is -0.376 e. The molecule has 2 rings (SSSR count). The van der Waals surface area contributed by atoms with Gasteiger partial charge in [-0.15, -0.1) is 0 Å². The topological polar surface area (TPSA) is 70.7 Å². The monoisotopic (exact) mass is 291 g/mol. The van der Waals surface area contributed by atoms with Crippen LogP contribution in [0.4, 0.5) is 4.79 Å². The highest BCUT2D eigenvalue weighted by Crippen LogP contribution is 2.23. The Morgan fingerprint density at radius 3 is 2.67 bits per heavy atom. The number of amides is 3. The second-order valence-corrected chi connectivity index (χ2v) is 5.06. The highest BCUT2D eigenvalue weighted by molar-refractivity contribution is 5.97. The molecule has 21 heavy (non-hydrogen) atoms. The minimum absolute atomic E-state index is 0.0674. The summed E-state index contributed by atoms with van der Waals surface area (Å²) in [7, 11) is 1.48. The van der Waals surface area contributed by atoms with E-state index in [9.17, 15) is 9.59 Å². The van der Waals surface area contributed by atoms with E-state index >= 15 is 0 Å². The second kappa shape index (κ2) is 7.19. The molecule has 0 aromatic heterocycles. The smallest absolute Gasteiger partial charge is 0.321 e. The molecule has 2 N–H and O–H groups in total. The average Bonchev–Trinajstić information content (AvgIpc) is 2.48. The fraction of sp³-hybridized carbons (Fsp3) is 0.467. The van der Waals surface area contributed by atoms with Crippen molar-refractivity contribution in [2.75, 3.05) is 26.7 Å². The lowest BCUT2D eigenvalue weighted by molar-refractivity contribution is -0.128. The van der Waals surface area contributed by atoms with Gasteiger partial charge in [0.05, 0.1) is 12.7 Å². The summed E-state index contributed by atoms with van der Waals surface area (Å²) in [6, 6.07) is 8.48. The number of hydrogen-bond acceptors (Lipinski definition) is 4. The van der Waals surface area contributed by atoms with Gasteiger partial charge in [-0.1, -0.05) is 30.3 Å². The zero-order chi connectivity index (χ0) is 15.2. The SMILES string of the molecule is CNC(=O)NC(=O)[C@H](c1ccccc1)N1CCO[C@H](C)C1. The Morgan fingerprint density at radius 1 is 1.33 bits per heavy atom. The van der Waals surface area contributed by atoms with E-state index in [4.69, 9.17) is 4.74 Å². The molecule has 1 fully saturated rings. The molecule has 1 aliphatic rings. The van der Waals surface area contributed by atoms with E-state index in [2.05, 4.69) is 10.6 Å². The maximum atomic E-state index is 12.5. The Hall–Kier alpha value is -1.92. The molecule has 1 aromatic carbocycles. The number of ether oxygens (including phenoxy) is 1. The van der Waals surface area contributed by atoms with Crippen LogP contribution in [0.5, 0.6) is 0 Å². The van der Waals surface area contributed by atoms with E-state index in [1.54, 1.807) is 0 Å². The summed E-state index contributed by atoms with van der Waals surface area (Å²) in [5.74, 6) is -0.324. The molecule has 0 unspecified atom stereocenters. The molecule has 0 saturated carbocycles. The molecule has 0 spiro atoms. The first kappa shape index (κ1) is 15.5. The van der Waals surface area contributed by atoms with Gasteiger partial charge in [0.25, 0.3) is 0 Å². The fourth-order valence-corrected chi connectivity index (χ4v) is 2.49. The normalized spacial score (nSPS) is 20.6. The Balaban J connectivity index is 2.22. The third-order valence-electron chi connectivity index (χ3n) is 3.47. The van der Waals surface area contributed by atoms with Gasteiger partial charge < -0.3 is 10.1 Å². The zero-order valence-corrected chi connectivity index (χ0v) is 12.3. The summed E-state index contributed by atoms with van der Waals surface area (Å²) >= 11 is 0. The maximum Gasteiger partial charge on any atom is 0.321 e. The lowest BCUT2D eigenvalue weighted by atomic mass is 10.0. The third kappa shape index (κ3) is 4.03. The largest absolute Gasteiger partial charge is 0.376 e. The quantitative estimate of drug-likeness (QED) is 0.868. The molecule has 1 saturated heterocycles. The van der Waals surface area contributed by atoms with Crippen molar-refractivity contribution in [2.24, 2.45) is 0 Å². The van der Waals surface area contributed by atoms with E-state index in [0.29, 0.717) is 19.7 Å². The summed E-state index contributed by atoms with van der Waals surface area (Å²) in [5.41, 5.74) is 0.869. The molecule has 1 heterocycles. The van der Waals surface area contributed by atoms with Crippen LogP contribution in [-0.4, -0.2) is 49.7 Å². The van der Waals surface area contributed by atoms with Crippen molar-refractivity contribution in [1.29, 1.82) is 0 Å². The third-order valence-corrected chi connectivity index (χ3v) is 3.47. The molecule has 114 valence electrons. The summed E-state index contributed by atoms with van der Waals surface area (Å²) in [4.78, 5) is 25.9. The van der Waals surface area contributed by atoms with Gasteiger partial charge in [-0.05, 0) is 12.5 Å². The number of rotatable bonds is 3. The lowest BCUT2D eigenvalue weighted by Gasteiger charge is -2.36. The molecule has 6 heteroatoms. The molecule has 1 aromatic rings. The van der Waals surface area contributed by atoms with Crippen molar-refractivity contribution in [1.82, 2.24) is 15.5 Å². The van der Waals surface area contributed by atoms with Gasteiger partial charge in [0, 0.05) is 20.1 Å². The number of nitrogens with one attached hydrogen (secondary N) is 2. The predicted molar refractivity (Wildman–Crippen MR) is 78.8 cm³/mol. The molecule has 3 amide bonds. The van der Waals surface area contributed by atoms with Crippen LogP contribution in [0.2, 0.25) is 0 Å². The van der Waals surface area contributed by atoms with E-state index in [-0.39, 0.29) is 12.0 Å². The van der Waals surface area contributed by atoms with Crippen molar-refractivity contribution < 1.29 is 14.3 Å². The molecule has 1 aliphatic heterocycles. The van der Waals surface area contributed by atoms with E-state index in [1.807, 2.05) is 42.2 Å². The van der Waals surface area contributed by atoms with Crippen LogP contribution in [0.15, 0.2) is 30.3 Å². The summed E-state index contributed by atoms with van der Waals surface area (Å²) in [5, 5.41) is 4.77. The fourth-order valence-electron chi connectivity index (χ4n) is 2.49. The number of nitrogens with zero attached hydrogens (tertiary/aromatic N) is 1. The number of hydrogen-bond donors (Lipinski definition) is 2. The molecule has 2 atom stereocenters. The van der Waals surface area contributed by atoms with Crippen LogP contribution in [-0.2, 0) is 9.53 Å². The standard InChI is InChI=1S/C15H21N3O3/c1-11-10-18(8-9-21-11)13(12-6-4-3-5-7-12)14(19)17-15(20)16-2/h3-7,11,13H,8-10H2,1-2H3,(H2,16,17,19,20)/t11-,13+/m1/s1. The summed E-state index contributed by atoms with van der Waals surface area (Å²) < 4.78 is 5.52. The Morgan fingerprint density at radius 2 is 2.05 bits per heavy atom. The summed E-state index contributed by atoms with van der Waals surface area (Å²) in [6.07, 6.45) is 0.0674. The Labute approximate surface area is 124 Å². The zero-order valence-electron chi connectivity index (χ0n) is 12.3. The van der Waals surface area contributed by atoms with Crippen LogP contribution in [0.1, 0.15) is 18.5 Å². The minimum atomic E-state index is -0.498. The first-order valence-corrected chi connectivity index (χ1v) is 7.05. The molecule has 0 bridgehead atoms. The van der Waals surface area contributed by atoms with Crippen LogP contribution in [0.25, 0.3) is 0 Å². The molecular weight excluding hydrogens is 270 g/mol. The van der Waals surface area contributed by atoms with Gasteiger partial charge in [0.2, 0.25) is 5.91 Å². The summed E-state index contributed by atoms with van der Waals surface area (Å²) in [6.45, 7) is 3.87. The first-order valence-electron chi connectivity index (χ1n) is 7.05. The van der Waals surface area contributed by atoms with Crippen molar-refractivity contribution in [3.8, 4) is 0 Å². The number of urea groups is 1. The van der Waals surface area contributed by atoms with Crippen LogP contribution in [0.3, 0.4) is 0 Å². The van der Waals surface area contributed by atoms with Crippen molar-refractivity contribution in [3.05, 3.63) is 35.9 Å². The van der Waals surface area contributed by atoms with E-state index in [1.165, 1.54) is 7.05 Å². The number of benzene rings is 1. The molecular formula is C15H21N3O3. The average molecular weight is 291 g/mol. The van der Waals surface area contributed by atoms with Gasteiger partial charge >= 0.3 is 6.03 Å².